The van der Waals surface area contributed by atoms with Crippen LogP contribution in [0.1, 0.15) is 33.3 Å². The van der Waals surface area contributed by atoms with E-state index >= 15 is 0 Å². The quantitative estimate of drug-likeness (QED) is 0.807. The summed E-state index contributed by atoms with van der Waals surface area (Å²) in [4.78, 5) is 2.24. The van der Waals surface area contributed by atoms with Crippen LogP contribution in [0.15, 0.2) is 42.1 Å². The first kappa shape index (κ1) is 18.3. The van der Waals surface area contributed by atoms with E-state index in [2.05, 4.69) is 69.3 Å². The van der Waals surface area contributed by atoms with Crippen molar-refractivity contribution < 1.29 is 14.0 Å². The Morgan fingerprint density at radius 1 is 1.11 bits per heavy atom. The first-order valence-electron chi connectivity index (χ1n) is 9.46. The molecule has 144 valence electrons. The zero-order valence-electron chi connectivity index (χ0n) is 17.0. The van der Waals surface area contributed by atoms with Gasteiger partial charge in [-0.05, 0) is 51.7 Å². The molecule has 0 bridgehead atoms. The van der Waals surface area contributed by atoms with E-state index in [4.69, 9.17) is 14.0 Å². The fourth-order valence-electron chi connectivity index (χ4n) is 3.51. The minimum Gasteiger partial charge on any atom is -0.488 e. The van der Waals surface area contributed by atoms with Crippen molar-refractivity contribution in [3.05, 3.63) is 47.6 Å². The number of nitrogens with zero attached hydrogens (tertiary/aromatic N) is 2. The molecule has 0 atom stereocenters. The molecule has 1 fully saturated rings. The van der Waals surface area contributed by atoms with Crippen molar-refractivity contribution in [2.75, 3.05) is 25.1 Å². The number of nitrogens with one attached hydrogen (secondary N) is 1. The van der Waals surface area contributed by atoms with Crippen molar-refractivity contribution >= 4 is 18.3 Å². The number of likely N-dealkylation sites (N-methyl/N-ethyl adjacent to an activating group) is 1. The lowest BCUT2D eigenvalue weighted by molar-refractivity contribution is 0.00578. The molecule has 0 spiro atoms. The van der Waals surface area contributed by atoms with Crippen LogP contribution >= 0.6 is 0 Å². The Hall–Kier alpha value is -2.12. The van der Waals surface area contributed by atoms with E-state index in [1.165, 1.54) is 5.56 Å². The molecule has 3 heterocycles. The van der Waals surface area contributed by atoms with Gasteiger partial charge in [0.05, 0.1) is 23.9 Å². The van der Waals surface area contributed by atoms with Crippen molar-refractivity contribution in [1.29, 1.82) is 0 Å². The highest BCUT2D eigenvalue weighted by Gasteiger charge is 2.51. The van der Waals surface area contributed by atoms with E-state index in [-0.39, 0.29) is 18.3 Å². The Morgan fingerprint density at radius 3 is 2.48 bits per heavy atom. The Labute approximate surface area is 161 Å². The van der Waals surface area contributed by atoms with Gasteiger partial charge in [0.15, 0.2) is 5.76 Å². The van der Waals surface area contributed by atoms with Crippen LogP contribution in [0.3, 0.4) is 0 Å². The van der Waals surface area contributed by atoms with Crippen LogP contribution in [-0.4, -0.2) is 43.5 Å². The average molecular weight is 369 g/mol. The molecule has 6 nitrogen and oxygen atoms in total. The van der Waals surface area contributed by atoms with Gasteiger partial charge < -0.3 is 24.4 Å². The minimum atomic E-state index is -0.340. The lowest BCUT2D eigenvalue weighted by Gasteiger charge is -2.32. The summed E-state index contributed by atoms with van der Waals surface area (Å²) in [6, 6.07) is 6.40. The van der Waals surface area contributed by atoms with Crippen molar-refractivity contribution in [1.82, 2.24) is 10.4 Å². The average Bonchev–Trinajstić information content (AvgIpc) is 2.94. The van der Waals surface area contributed by atoms with Crippen LogP contribution < -0.4 is 15.8 Å². The Balaban J connectivity index is 1.60. The van der Waals surface area contributed by atoms with Gasteiger partial charge in [-0.25, -0.2) is 0 Å². The number of fused-ring (bicyclic) bond motifs is 1. The molecule has 0 amide bonds. The highest BCUT2D eigenvalue weighted by Crippen LogP contribution is 2.37. The molecule has 0 radical (unpaired) electrons. The number of rotatable bonds is 2. The Bertz CT molecular complexity index is 803. The maximum atomic E-state index is 6.19. The Morgan fingerprint density at radius 2 is 1.81 bits per heavy atom. The SMILES string of the molecule is Cc1cc(B2OC(C)(C)C(C)(C)O2)ccc1N1C=C2C(=CNN2C)OCC1. The number of hydrazine groups is 1. The lowest BCUT2D eigenvalue weighted by Crippen LogP contribution is -2.41. The van der Waals surface area contributed by atoms with Gasteiger partial charge in [0, 0.05) is 18.9 Å². The van der Waals surface area contributed by atoms with Gasteiger partial charge in [0.25, 0.3) is 0 Å². The molecule has 1 aromatic carbocycles. The summed E-state index contributed by atoms with van der Waals surface area (Å²) in [5.74, 6) is 0.881. The molecule has 3 aliphatic rings. The van der Waals surface area contributed by atoms with Crippen molar-refractivity contribution in [2.24, 2.45) is 0 Å². The molecule has 0 saturated carbocycles. The van der Waals surface area contributed by atoms with Gasteiger partial charge in [-0.15, -0.1) is 0 Å². The largest absolute Gasteiger partial charge is 0.494 e. The zero-order valence-corrected chi connectivity index (χ0v) is 17.0. The minimum absolute atomic E-state index is 0.334. The van der Waals surface area contributed by atoms with E-state index in [0.717, 1.165) is 29.2 Å². The van der Waals surface area contributed by atoms with E-state index < -0.39 is 0 Å². The molecular formula is C20H28BN3O3. The second kappa shape index (κ2) is 6.21. The van der Waals surface area contributed by atoms with Gasteiger partial charge in [-0.2, -0.15) is 0 Å². The number of hydrogen-bond donors (Lipinski definition) is 1. The first-order valence-corrected chi connectivity index (χ1v) is 9.46. The number of hydrogen-bond acceptors (Lipinski definition) is 6. The molecule has 1 saturated heterocycles. The van der Waals surface area contributed by atoms with Crippen LogP contribution in [0.5, 0.6) is 0 Å². The number of aryl methyl sites for hydroxylation is 1. The van der Waals surface area contributed by atoms with E-state index in [0.29, 0.717) is 6.61 Å². The van der Waals surface area contributed by atoms with Crippen molar-refractivity contribution in [3.63, 3.8) is 0 Å². The zero-order chi connectivity index (χ0) is 19.4. The molecule has 1 aromatic rings. The molecule has 0 aromatic heterocycles. The van der Waals surface area contributed by atoms with Crippen LogP contribution in [0.25, 0.3) is 0 Å². The summed E-state index contributed by atoms with van der Waals surface area (Å²) in [6.07, 6.45) is 4.03. The van der Waals surface area contributed by atoms with Crippen LogP contribution in [0.4, 0.5) is 5.69 Å². The maximum Gasteiger partial charge on any atom is 0.494 e. The second-order valence-corrected chi connectivity index (χ2v) is 8.39. The summed E-state index contributed by atoms with van der Waals surface area (Å²) in [5, 5.41) is 1.96. The third-order valence-electron chi connectivity index (χ3n) is 5.93. The maximum absolute atomic E-state index is 6.19. The normalized spacial score (nSPS) is 23.3. The standard InChI is InChI=1S/C20H28BN3O3/c1-14-11-15(21-26-19(2,3)20(4,5)27-21)7-8-16(14)24-9-10-25-18-12-22-23(6)17(18)13-24/h7-8,11-13,22H,9-10H2,1-6H3. The lowest BCUT2D eigenvalue weighted by atomic mass is 9.78. The van der Waals surface area contributed by atoms with Crippen LogP contribution in [-0.2, 0) is 14.0 Å². The van der Waals surface area contributed by atoms with Gasteiger partial charge in [0.2, 0.25) is 0 Å². The number of benzene rings is 1. The number of ether oxygens (including phenoxy) is 1. The highest BCUT2D eigenvalue weighted by atomic mass is 16.7. The number of anilines is 1. The summed E-state index contributed by atoms with van der Waals surface area (Å²) in [7, 11) is 1.64. The predicted octanol–water partition coefficient (Wildman–Crippen LogP) is 2.26. The summed E-state index contributed by atoms with van der Waals surface area (Å²) in [5.41, 5.74) is 6.91. The molecule has 1 N–H and O–H groups in total. The Kier molecular flexibility index (Phi) is 4.20. The molecule has 27 heavy (non-hydrogen) atoms. The van der Waals surface area contributed by atoms with E-state index in [1.807, 2.05) is 18.3 Å². The van der Waals surface area contributed by atoms with E-state index in [9.17, 15) is 0 Å². The van der Waals surface area contributed by atoms with Gasteiger partial charge >= 0.3 is 7.12 Å². The van der Waals surface area contributed by atoms with Crippen LogP contribution in [0, 0.1) is 6.92 Å². The smallest absolute Gasteiger partial charge is 0.488 e. The molecule has 3 aliphatic heterocycles. The van der Waals surface area contributed by atoms with Crippen molar-refractivity contribution in [3.8, 4) is 0 Å². The third kappa shape index (κ3) is 3.09. The van der Waals surface area contributed by atoms with E-state index in [1.54, 1.807) is 0 Å². The topological polar surface area (TPSA) is 46.2 Å². The third-order valence-corrected chi connectivity index (χ3v) is 5.93. The monoisotopic (exact) mass is 369 g/mol. The van der Waals surface area contributed by atoms with Crippen molar-refractivity contribution in [2.45, 2.75) is 45.8 Å². The fourth-order valence-corrected chi connectivity index (χ4v) is 3.51. The highest BCUT2D eigenvalue weighted by molar-refractivity contribution is 6.62. The molecule has 7 heteroatoms. The second-order valence-electron chi connectivity index (χ2n) is 8.39. The summed E-state index contributed by atoms with van der Waals surface area (Å²) < 4.78 is 18.2. The van der Waals surface area contributed by atoms with Crippen LogP contribution in [0.2, 0.25) is 0 Å². The summed E-state index contributed by atoms with van der Waals surface area (Å²) in [6.45, 7) is 11.9. The molecular weight excluding hydrogens is 341 g/mol. The molecule has 0 aliphatic carbocycles. The van der Waals surface area contributed by atoms with Gasteiger partial charge in [0.1, 0.15) is 12.3 Å². The van der Waals surface area contributed by atoms with Gasteiger partial charge in [-0.3, -0.25) is 5.01 Å². The molecule has 4 rings (SSSR count). The first-order chi connectivity index (χ1) is 12.7. The fraction of sp³-hybridized carbons (Fsp3) is 0.500. The summed E-state index contributed by atoms with van der Waals surface area (Å²) >= 11 is 0. The molecule has 0 unspecified atom stereocenters. The predicted molar refractivity (Wildman–Crippen MR) is 107 cm³/mol. The van der Waals surface area contributed by atoms with Gasteiger partial charge in [-0.1, -0.05) is 12.1 Å².